The molecule has 0 saturated carbocycles. The first kappa shape index (κ1) is 33.0. The second kappa shape index (κ2) is 12.8. The molecule has 4 aliphatic heterocycles. The van der Waals surface area contributed by atoms with Crippen molar-refractivity contribution in [2.45, 2.75) is 0 Å². The third kappa shape index (κ3) is 4.58. The summed E-state index contributed by atoms with van der Waals surface area (Å²) in [6.07, 6.45) is 3.56. The molecule has 4 aliphatic rings. The second-order valence-electron chi connectivity index (χ2n) is 15.5. The zero-order valence-electron chi connectivity index (χ0n) is 32.2. The smallest absolute Gasteiger partial charge is 0.260 e. The van der Waals surface area contributed by atoms with Crippen LogP contribution in [0.15, 0.2) is 195 Å². The Morgan fingerprint density at radius 2 is 0.783 bits per heavy atom. The third-order valence-corrected chi connectivity index (χ3v) is 12.4. The highest BCUT2D eigenvalue weighted by molar-refractivity contribution is 7.02. The van der Waals surface area contributed by atoms with Crippen molar-refractivity contribution in [1.29, 1.82) is 0 Å². The Hall–Kier alpha value is -7.97. The number of hydrogen-bond donors (Lipinski definition) is 0. The predicted molar refractivity (Wildman–Crippen MR) is 246 cm³/mol. The monoisotopic (exact) mass is 766 g/mol. The Morgan fingerprint density at radius 3 is 1.42 bits per heavy atom. The van der Waals surface area contributed by atoms with Gasteiger partial charge in [0.15, 0.2) is 0 Å². The first-order chi connectivity index (χ1) is 29.8. The minimum atomic E-state index is -0.242. The van der Waals surface area contributed by atoms with Gasteiger partial charge in [-0.15, -0.1) is 0 Å². The highest BCUT2D eigenvalue weighted by atomic mass is 15.3. The van der Waals surface area contributed by atoms with E-state index in [0.29, 0.717) is 0 Å². The molecule has 9 aromatic rings. The molecule has 0 aliphatic carbocycles. The largest absolute Gasteiger partial charge is 0.311 e. The number of para-hydroxylation sites is 5. The highest BCUT2D eigenvalue weighted by Crippen LogP contribution is 2.46. The normalized spacial score (nSPS) is 13.8. The number of aromatic nitrogens is 4. The van der Waals surface area contributed by atoms with Crippen molar-refractivity contribution in [3.8, 4) is 0 Å². The fourth-order valence-corrected chi connectivity index (χ4v) is 10.0. The summed E-state index contributed by atoms with van der Waals surface area (Å²) in [7, 11) is 0. The topological polar surface area (TPSA) is 64.5 Å². The first-order valence-electron chi connectivity index (χ1n) is 20.3. The molecule has 8 nitrogen and oxygen atoms in total. The van der Waals surface area contributed by atoms with E-state index >= 15 is 0 Å². The Balaban J connectivity index is 1.14. The average molecular weight is 766 g/mol. The minimum Gasteiger partial charge on any atom is -0.311 e. The van der Waals surface area contributed by atoms with Crippen LogP contribution in [0.3, 0.4) is 0 Å². The molecule has 3 aromatic heterocycles. The van der Waals surface area contributed by atoms with Crippen LogP contribution < -0.4 is 52.4 Å². The average Bonchev–Trinajstić information content (AvgIpc) is 3.32. The van der Waals surface area contributed by atoms with E-state index in [9.17, 15) is 0 Å². The van der Waals surface area contributed by atoms with Crippen LogP contribution in [0.4, 0.5) is 68.9 Å². The fraction of sp³-hybridized carbons (Fsp3) is 0. The quantitative estimate of drug-likeness (QED) is 0.172. The van der Waals surface area contributed by atoms with Gasteiger partial charge in [0.05, 0.1) is 0 Å². The number of hydrogen-bond acceptors (Lipinski definition) is 8. The maximum absolute atomic E-state index is 5.92. The van der Waals surface area contributed by atoms with Gasteiger partial charge in [-0.25, -0.2) is 19.9 Å². The minimum absolute atomic E-state index is 0.101. The van der Waals surface area contributed by atoms with Crippen LogP contribution in [-0.2, 0) is 0 Å². The van der Waals surface area contributed by atoms with Gasteiger partial charge in [-0.05, 0) is 100 Å². The standard InChI is InChI=1S/C50H32B2N8/c1-5-17-33(18-6-1)57-41-27-14-13-25-37(41)51-39-31-40-48(56-47(39)58(34-19-7-2-8-20-34)43-29-15-28-42(57)44(43)51)60(36-23-11-4-12-24-36)50-45-49(54-32-55-50)59(35-21-9-3-10-22-35)46-38(52(40)45)26-16-30-53-46/h1-32H. The molecule has 60 heavy (non-hydrogen) atoms. The summed E-state index contributed by atoms with van der Waals surface area (Å²) in [6.45, 7) is -0.343. The van der Waals surface area contributed by atoms with Crippen LogP contribution in [0.5, 0.6) is 0 Å². The summed E-state index contributed by atoms with van der Waals surface area (Å²) in [5.41, 5.74) is 14.4. The molecule has 0 bridgehead atoms. The third-order valence-electron chi connectivity index (χ3n) is 12.4. The maximum atomic E-state index is 5.92. The Labute approximate surface area is 347 Å². The van der Waals surface area contributed by atoms with Crippen molar-refractivity contribution in [2.24, 2.45) is 0 Å². The van der Waals surface area contributed by atoms with E-state index < -0.39 is 0 Å². The molecule has 0 fully saturated rings. The van der Waals surface area contributed by atoms with Crippen LogP contribution in [-0.4, -0.2) is 33.4 Å². The van der Waals surface area contributed by atoms with E-state index in [4.69, 9.17) is 19.9 Å². The zero-order chi connectivity index (χ0) is 39.3. The lowest BCUT2D eigenvalue weighted by atomic mass is 9.31. The summed E-state index contributed by atoms with van der Waals surface area (Å²) in [4.78, 5) is 30.4. The summed E-state index contributed by atoms with van der Waals surface area (Å²) in [5.74, 6) is 4.19. The highest BCUT2D eigenvalue weighted by Gasteiger charge is 2.49. The van der Waals surface area contributed by atoms with Gasteiger partial charge in [0, 0.05) is 51.5 Å². The molecule has 0 N–H and O–H groups in total. The van der Waals surface area contributed by atoms with E-state index in [1.807, 2.05) is 18.3 Å². The first-order valence-corrected chi connectivity index (χ1v) is 20.3. The number of rotatable bonds is 4. The fourth-order valence-electron chi connectivity index (χ4n) is 10.0. The predicted octanol–water partition coefficient (Wildman–Crippen LogP) is 7.43. The van der Waals surface area contributed by atoms with Crippen LogP contribution in [0.1, 0.15) is 0 Å². The van der Waals surface area contributed by atoms with Crippen molar-refractivity contribution < 1.29 is 0 Å². The molecule has 13 rings (SSSR count). The molecule has 10 heteroatoms. The van der Waals surface area contributed by atoms with Crippen LogP contribution in [0.25, 0.3) is 0 Å². The van der Waals surface area contributed by atoms with Gasteiger partial charge in [0.25, 0.3) is 13.4 Å². The van der Waals surface area contributed by atoms with Gasteiger partial charge in [0.2, 0.25) is 0 Å². The van der Waals surface area contributed by atoms with Crippen molar-refractivity contribution in [3.63, 3.8) is 0 Å². The van der Waals surface area contributed by atoms with Crippen LogP contribution >= 0.6 is 0 Å². The Morgan fingerprint density at radius 1 is 0.317 bits per heavy atom. The molecule has 0 radical (unpaired) electrons. The molecule has 7 heterocycles. The summed E-state index contributed by atoms with van der Waals surface area (Å²) in [6, 6.07) is 64.5. The number of pyridine rings is 2. The molecule has 0 amide bonds. The van der Waals surface area contributed by atoms with Gasteiger partial charge in [-0.2, -0.15) is 0 Å². The maximum Gasteiger partial charge on any atom is 0.260 e. The Bertz CT molecular complexity index is 2940. The van der Waals surface area contributed by atoms with E-state index in [0.717, 1.165) is 90.8 Å². The van der Waals surface area contributed by atoms with Gasteiger partial charge in [-0.3, -0.25) is 14.7 Å². The van der Waals surface area contributed by atoms with Gasteiger partial charge in [-0.1, -0.05) is 109 Å². The van der Waals surface area contributed by atoms with E-state index in [1.54, 1.807) is 6.33 Å². The lowest BCUT2D eigenvalue weighted by molar-refractivity contribution is 1.05. The number of fused-ring (bicyclic) bond motifs is 8. The lowest BCUT2D eigenvalue weighted by Gasteiger charge is -2.45. The number of nitrogens with zero attached hydrogens (tertiary/aromatic N) is 8. The van der Waals surface area contributed by atoms with Crippen molar-refractivity contribution in [3.05, 3.63) is 195 Å². The molecular weight excluding hydrogens is 734 g/mol. The molecule has 6 aromatic carbocycles. The Kier molecular flexibility index (Phi) is 7.03. The number of anilines is 12. The molecule has 0 saturated heterocycles. The SMILES string of the molecule is c1ccc(N2c3ccccc3B3c4cc5c(nc4N(c4ccccc4)c4cccc2c43)N(c2ccccc2)c2ncnc3c2B5c2cccnc2N3c2ccccc2)cc1. The van der Waals surface area contributed by atoms with Gasteiger partial charge in [0.1, 0.15) is 35.4 Å². The van der Waals surface area contributed by atoms with E-state index in [2.05, 4.69) is 189 Å². The number of benzene rings is 6. The van der Waals surface area contributed by atoms with E-state index in [-0.39, 0.29) is 13.4 Å². The zero-order valence-corrected chi connectivity index (χ0v) is 32.2. The summed E-state index contributed by atoms with van der Waals surface area (Å²) < 4.78 is 0. The molecule has 0 unspecified atom stereocenters. The van der Waals surface area contributed by atoms with Gasteiger partial charge >= 0.3 is 0 Å². The molecule has 0 spiro atoms. The van der Waals surface area contributed by atoms with E-state index in [1.165, 1.54) is 10.9 Å². The molecule has 278 valence electrons. The molecular formula is C50H32B2N8. The molecule has 0 atom stereocenters. The summed E-state index contributed by atoms with van der Waals surface area (Å²) in [5, 5.41) is 0. The van der Waals surface area contributed by atoms with Gasteiger partial charge < -0.3 is 4.90 Å². The lowest BCUT2D eigenvalue weighted by Crippen LogP contribution is -2.66. The van der Waals surface area contributed by atoms with Crippen molar-refractivity contribution in [2.75, 3.05) is 19.6 Å². The van der Waals surface area contributed by atoms with Crippen molar-refractivity contribution in [1.82, 2.24) is 19.9 Å². The van der Waals surface area contributed by atoms with Crippen molar-refractivity contribution >= 4 is 115 Å². The van der Waals surface area contributed by atoms with Crippen LogP contribution in [0, 0.1) is 0 Å². The van der Waals surface area contributed by atoms with Crippen LogP contribution in [0.2, 0.25) is 0 Å². The second-order valence-corrected chi connectivity index (χ2v) is 15.5. The summed E-state index contributed by atoms with van der Waals surface area (Å²) >= 11 is 0.